The van der Waals surface area contributed by atoms with E-state index in [0.717, 1.165) is 6.07 Å². The lowest BCUT2D eigenvalue weighted by molar-refractivity contribution is -0.137. The maximum atomic E-state index is 12.8. The van der Waals surface area contributed by atoms with Crippen LogP contribution < -0.4 is 11.1 Å². The second kappa shape index (κ2) is 4.81. The quantitative estimate of drug-likeness (QED) is 0.902. The number of rotatable bonds is 3. The first-order valence-corrected chi connectivity index (χ1v) is 5.66. The Morgan fingerprint density at radius 3 is 2.47 bits per heavy atom. The van der Waals surface area contributed by atoms with Crippen LogP contribution in [0.5, 0.6) is 0 Å². The number of nitrogens with one attached hydrogen (secondary N) is 1. The van der Waals surface area contributed by atoms with Crippen LogP contribution in [0.4, 0.5) is 19.0 Å². The zero-order chi connectivity index (χ0) is 13.3. The van der Waals surface area contributed by atoms with E-state index in [1.165, 1.54) is 6.20 Å². The van der Waals surface area contributed by atoms with Crippen molar-refractivity contribution in [2.45, 2.75) is 25.6 Å². The molecule has 0 atom stereocenters. The Bertz CT molecular complexity index is 404. The molecular weight excluding hydrogens is 299 g/mol. The molecule has 0 amide bonds. The van der Waals surface area contributed by atoms with Crippen molar-refractivity contribution in [2.75, 3.05) is 11.9 Å². The molecule has 0 aliphatic heterocycles. The number of hydrogen-bond donors (Lipinski definition) is 2. The molecule has 0 aliphatic rings. The average molecular weight is 312 g/mol. The van der Waals surface area contributed by atoms with Crippen LogP contribution in [-0.4, -0.2) is 17.1 Å². The Labute approximate surface area is 106 Å². The summed E-state index contributed by atoms with van der Waals surface area (Å²) >= 11 is 2.97. The van der Waals surface area contributed by atoms with E-state index in [0.29, 0.717) is 0 Å². The molecule has 0 spiro atoms. The predicted octanol–water partition coefficient (Wildman–Crippen LogP) is 3.01. The van der Waals surface area contributed by atoms with Crippen LogP contribution in [0.2, 0.25) is 0 Å². The summed E-state index contributed by atoms with van der Waals surface area (Å²) in [5.74, 6) is -0.212. The van der Waals surface area contributed by atoms with Gasteiger partial charge in [-0.3, -0.25) is 0 Å². The van der Waals surface area contributed by atoms with E-state index >= 15 is 0 Å². The molecule has 0 fully saturated rings. The van der Waals surface area contributed by atoms with Crippen molar-refractivity contribution >= 4 is 21.7 Å². The van der Waals surface area contributed by atoms with Crippen LogP contribution in [0.15, 0.2) is 16.7 Å². The lowest BCUT2D eigenvalue weighted by Crippen LogP contribution is -2.40. The molecule has 7 heteroatoms. The average Bonchev–Trinajstić information content (AvgIpc) is 2.19. The largest absolute Gasteiger partial charge is 0.419 e. The fourth-order valence-corrected chi connectivity index (χ4v) is 1.46. The van der Waals surface area contributed by atoms with Gasteiger partial charge in [-0.05, 0) is 35.8 Å². The number of pyridine rings is 1. The van der Waals surface area contributed by atoms with Crippen molar-refractivity contribution in [3.8, 4) is 0 Å². The number of anilines is 1. The second-order valence-corrected chi connectivity index (χ2v) is 5.18. The van der Waals surface area contributed by atoms with Crippen molar-refractivity contribution < 1.29 is 13.2 Å². The molecule has 17 heavy (non-hydrogen) atoms. The molecule has 0 saturated carbocycles. The molecule has 3 nitrogen and oxygen atoms in total. The second-order valence-electron chi connectivity index (χ2n) is 4.26. The molecule has 3 N–H and O–H groups in total. The lowest BCUT2D eigenvalue weighted by atomic mass is 10.1. The molecule has 1 rings (SSSR count). The van der Waals surface area contributed by atoms with Crippen LogP contribution in [0.3, 0.4) is 0 Å². The summed E-state index contributed by atoms with van der Waals surface area (Å²) in [5, 5.41) is 2.69. The minimum Gasteiger partial charge on any atom is -0.363 e. The summed E-state index contributed by atoms with van der Waals surface area (Å²) in [6.07, 6.45) is -3.14. The van der Waals surface area contributed by atoms with Crippen LogP contribution in [0.25, 0.3) is 0 Å². The molecule has 0 unspecified atom stereocenters. The highest BCUT2D eigenvalue weighted by molar-refractivity contribution is 9.10. The van der Waals surface area contributed by atoms with Gasteiger partial charge in [0, 0.05) is 22.8 Å². The highest BCUT2D eigenvalue weighted by Gasteiger charge is 2.35. The molecule has 1 aromatic heterocycles. The lowest BCUT2D eigenvalue weighted by Gasteiger charge is -2.26. The van der Waals surface area contributed by atoms with E-state index in [1.54, 1.807) is 13.8 Å². The number of nitrogens with zero attached hydrogens (tertiary/aromatic N) is 1. The molecule has 0 saturated heterocycles. The Morgan fingerprint density at radius 2 is 2.00 bits per heavy atom. The number of halogens is 4. The summed E-state index contributed by atoms with van der Waals surface area (Å²) in [7, 11) is 0. The van der Waals surface area contributed by atoms with E-state index in [-0.39, 0.29) is 16.8 Å². The molecule has 0 radical (unpaired) electrons. The fraction of sp³-hybridized carbons (Fsp3) is 0.500. The van der Waals surface area contributed by atoms with E-state index in [1.807, 2.05) is 0 Å². The van der Waals surface area contributed by atoms with Gasteiger partial charge >= 0.3 is 6.18 Å². The summed E-state index contributed by atoms with van der Waals surface area (Å²) in [4.78, 5) is 3.74. The molecule has 1 heterocycles. The third kappa shape index (κ3) is 3.85. The van der Waals surface area contributed by atoms with Gasteiger partial charge in [-0.15, -0.1) is 0 Å². The number of alkyl halides is 3. The number of nitrogens with two attached hydrogens (primary N) is 1. The van der Waals surface area contributed by atoms with Gasteiger partial charge in [0.25, 0.3) is 0 Å². The van der Waals surface area contributed by atoms with Crippen LogP contribution in [-0.2, 0) is 6.18 Å². The topological polar surface area (TPSA) is 50.9 Å². The zero-order valence-electron chi connectivity index (χ0n) is 9.40. The normalized spacial score (nSPS) is 12.6. The van der Waals surface area contributed by atoms with Crippen LogP contribution >= 0.6 is 15.9 Å². The van der Waals surface area contributed by atoms with Gasteiger partial charge in [0.1, 0.15) is 5.82 Å². The third-order valence-corrected chi connectivity index (χ3v) is 2.56. The van der Waals surface area contributed by atoms with Crippen LogP contribution in [0.1, 0.15) is 19.4 Å². The highest BCUT2D eigenvalue weighted by Crippen LogP contribution is 2.36. The van der Waals surface area contributed by atoms with Crippen LogP contribution in [0, 0.1) is 0 Å². The van der Waals surface area contributed by atoms with E-state index in [9.17, 15) is 13.2 Å². The Hall–Kier alpha value is -0.820. The van der Waals surface area contributed by atoms with E-state index in [4.69, 9.17) is 5.73 Å². The van der Waals surface area contributed by atoms with Gasteiger partial charge in [0.2, 0.25) is 0 Å². The van der Waals surface area contributed by atoms with Gasteiger partial charge in [0.15, 0.2) is 0 Å². The fourth-order valence-electron chi connectivity index (χ4n) is 1.13. The zero-order valence-corrected chi connectivity index (χ0v) is 11.0. The first-order valence-electron chi connectivity index (χ1n) is 4.87. The van der Waals surface area contributed by atoms with Crippen molar-refractivity contribution in [3.05, 3.63) is 22.3 Å². The van der Waals surface area contributed by atoms with Crippen molar-refractivity contribution in [1.82, 2.24) is 4.98 Å². The standard InChI is InChI=1S/C10H13BrF3N3/c1-9(2,5-15)17-8-7(10(12,13)14)3-6(11)4-16-8/h3-4H,5,15H2,1-2H3,(H,16,17). The molecule has 0 aliphatic carbocycles. The molecular formula is C10H13BrF3N3. The van der Waals surface area contributed by atoms with Gasteiger partial charge in [-0.1, -0.05) is 0 Å². The summed E-state index contributed by atoms with van der Waals surface area (Å²) in [5.41, 5.74) is 4.00. The molecule has 0 aromatic carbocycles. The first kappa shape index (κ1) is 14.2. The van der Waals surface area contributed by atoms with Crippen molar-refractivity contribution in [1.29, 1.82) is 0 Å². The minimum absolute atomic E-state index is 0.196. The molecule has 96 valence electrons. The summed E-state index contributed by atoms with van der Waals surface area (Å²) in [6, 6.07) is 0.988. The van der Waals surface area contributed by atoms with Crippen molar-refractivity contribution in [2.24, 2.45) is 5.73 Å². The Morgan fingerprint density at radius 1 is 1.41 bits per heavy atom. The smallest absolute Gasteiger partial charge is 0.363 e. The van der Waals surface area contributed by atoms with Crippen molar-refractivity contribution in [3.63, 3.8) is 0 Å². The summed E-state index contributed by atoms with van der Waals surface area (Å²) < 4.78 is 38.6. The van der Waals surface area contributed by atoms with Gasteiger partial charge in [-0.25, -0.2) is 4.98 Å². The van der Waals surface area contributed by atoms with E-state index < -0.39 is 17.3 Å². The highest BCUT2D eigenvalue weighted by atomic mass is 79.9. The van der Waals surface area contributed by atoms with Gasteiger partial charge in [0.05, 0.1) is 5.56 Å². The van der Waals surface area contributed by atoms with Gasteiger partial charge in [-0.2, -0.15) is 13.2 Å². The monoisotopic (exact) mass is 311 g/mol. The maximum absolute atomic E-state index is 12.8. The number of hydrogen-bond acceptors (Lipinski definition) is 3. The SMILES string of the molecule is CC(C)(CN)Nc1ncc(Br)cc1C(F)(F)F. The van der Waals surface area contributed by atoms with E-state index in [2.05, 4.69) is 26.2 Å². The molecule has 1 aromatic rings. The summed E-state index contributed by atoms with van der Waals surface area (Å²) in [6.45, 7) is 3.61. The Kier molecular flexibility index (Phi) is 4.03. The number of aromatic nitrogens is 1. The third-order valence-electron chi connectivity index (χ3n) is 2.13. The minimum atomic E-state index is -4.45. The Balaban J connectivity index is 3.16. The molecule has 0 bridgehead atoms. The van der Waals surface area contributed by atoms with Gasteiger partial charge < -0.3 is 11.1 Å². The first-order chi connectivity index (χ1) is 7.65. The maximum Gasteiger partial charge on any atom is 0.419 e. The predicted molar refractivity (Wildman–Crippen MR) is 63.7 cm³/mol.